The number of ether oxygens (including phenoxy) is 4. The highest BCUT2D eigenvalue weighted by Gasteiger charge is 2.43. The molecule has 0 aliphatic heterocycles. The lowest BCUT2D eigenvalue weighted by molar-refractivity contribution is -0.199. The third-order valence-electron chi connectivity index (χ3n) is 5.89. The van der Waals surface area contributed by atoms with Crippen LogP contribution in [0.1, 0.15) is 57.8 Å². The van der Waals surface area contributed by atoms with Gasteiger partial charge in [-0.25, -0.2) is 4.79 Å². The molecule has 0 radical (unpaired) electrons. The molecule has 0 aromatic rings. The molecule has 0 saturated heterocycles. The molecule has 1 saturated carbocycles. The largest absolute Gasteiger partial charge is 0.490 e. The number of carboxylic acids is 3. The minimum atomic E-state index is -5.03. The molecular weight excluding hydrogens is 551 g/mol. The third kappa shape index (κ3) is 15.0. The van der Waals surface area contributed by atoms with E-state index in [1.807, 2.05) is 0 Å². The number of rotatable bonds is 20. The van der Waals surface area contributed by atoms with Crippen LogP contribution in [0.5, 0.6) is 0 Å². The Morgan fingerprint density at radius 2 is 1.18 bits per heavy atom. The minimum Gasteiger partial charge on any atom is -0.481 e. The van der Waals surface area contributed by atoms with Crippen molar-refractivity contribution >= 4 is 29.8 Å². The quantitative estimate of drug-likeness (QED) is 0.119. The Balaban J connectivity index is 2.66. The van der Waals surface area contributed by atoms with E-state index in [0.29, 0.717) is 19.3 Å². The van der Waals surface area contributed by atoms with E-state index < -0.39 is 54.3 Å². The first-order chi connectivity index (χ1) is 18.8. The molecule has 4 N–H and O–H groups in total. The lowest BCUT2D eigenvalue weighted by atomic mass is 9.82. The molecular formula is C24H36F3NO12. The summed E-state index contributed by atoms with van der Waals surface area (Å²) in [5, 5.41) is 29.5. The Labute approximate surface area is 228 Å². The Hall–Kier alpha value is -2.98. The fourth-order valence-electron chi connectivity index (χ4n) is 3.98. The van der Waals surface area contributed by atoms with Gasteiger partial charge in [0.05, 0.1) is 57.9 Å². The number of nitrogens with one attached hydrogen (secondary N) is 1. The molecule has 40 heavy (non-hydrogen) atoms. The van der Waals surface area contributed by atoms with Crippen LogP contribution in [0.4, 0.5) is 13.2 Å². The number of halogens is 3. The molecule has 13 nitrogen and oxygen atoms in total. The van der Waals surface area contributed by atoms with E-state index in [2.05, 4.69) is 10.1 Å². The Bertz CT molecular complexity index is 808. The van der Waals surface area contributed by atoms with Crippen LogP contribution in [0.25, 0.3) is 0 Å². The first-order valence-electron chi connectivity index (χ1n) is 12.8. The number of aliphatic carboxylic acids is 3. The molecule has 0 spiro atoms. The normalized spacial score (nSPS) is 21.0. The van der Waals surface area contributed by atoms with E-state index >= 15 is 0 Å². The number of esters is 1. The van der Waals surface area contributed by atoms with E-state index in [4.69, 9.17) is 29.5 Å². The number of carbonyl (C=O) groups is 5. The van der Waals surface area contributed by atoms with E-state index in [1.54, 1.807) is 0 Å². The molecule has 0 bridgehead atoms. The van der Waals surface area contributed by atoms with Crippen molar-refractivity contribution in [3.05, 3.63) is 0 Å². The summed E-state index contributed by atoms with van der Waals surface area (Å²) in [5.41, 5.74) is 0. The fraction of sp³-hybridized carbons (Fsp3) is 0.792. The summed E-state index contributed by atoms with van der Waals surface area (Å²) in [6.07, 6.45) is -6.53. The second-order valence-corrected chi connectivity index (χ2v) is 9.09. The maximum atomic E-state index is 12.9. The summed E-state index contributed by atoms with van der Waals surface area (Å²) >= 11 is 0. The van der Waals surface area contributed by atoms with Crippen LogP contribution in [-0.4, -0.2) is 103 Å². The maximum absolute atomic E-state index is 12.9. The summed E-state index contributed by atoms with van der Waals surface area (Å²) in [5.74, 6) is -6.59. The number of carboxylic acid groups (broad SMARTS) is 3. The summed E-state index contributed by atoms with van der Waals surface area (Å²) in [6, 6.07) is 0. The van der Waals surface area contributed by atoms with Crippen molar-refractivity contribution in [2.45, 2.75) is 82.3 Å². The Morgan fingerprint density at radius 3 is 1.65 bits per heavy atom. The smallest absolute Gasteiger partial charge is 0.481 e. The van der Waals surface area contributed by atoms with Crippen molar-refractivity contribution in [3.8, 4) is 0 Å². The highest BCUT2D eigenvalue weighted by molar-refractivity contribution is 5.79. The van der Waals surface area contributed by atoms with E-state index in [1.165, 1.54) is 0 Å². The van der Waals surface area contributed by atoms with Crippen molar-refractivity contribution in [2.24, 2.45) is 5.92 Å². The average molecular weight is 588 g/mol. The second kappa shape index (κ2) is 18.4. The number of carbonyl (C=O) groups excluding carboxylic acids is 2. The highest BCUT2D eigenvalue weighted by atomic mass is 19.4. The molecule has 1 rings (SSSR count). The van der Waals surface area contributed by atoms with Crippen molar-refractivity contribution in [1.82, 2.24) is 5.32 Å². The lowest BCUT2D eigenvalue weighted by Crippen LogP contribution is -2.52. The van der Waals surface area contributed by atoms with Gasteiger partial charge in [-0.2, -0.15) is 13.2 Å². The molecule has 2 atom stereocenters. The summed E-state index contributed by atoms with van der Waals surface area (Å²) in [6.45, 7) is -0.718. The topological polar surface area (TPSA) is 195 Å². The van der Waals surface area contributed by atoms with Crippen LogP contribution in [0.3, 0.4) is 0 Å². The van der Waals surface area contributed by atoms with Crippen molar-refractivity contribution < 1.29 is 71.4 Å². The summed E-state index contributed by atoms with van der Waals surface area (Å²) < 4.78 is 57.4. The van der Waals surface area contributed by atoms with Crippen LogP contribution in [-0.2, 0) is 42.9 Å². The van der Waals surface area contributed by atoms with Crippen molar-refractivity contribution in [1.29, 1.82) is 0 Å². The van der Waals surface area contributed by atoms with Crippen LogP contribution < -0.4 is 5.32 Å². The molecule has 0 heterocycles. The second-order valence-electron chi connectivity index (χ2n) is 9.09. The molecule has 0 aromatic carbocycles. The Morgan fingerprint density at radius 1 is 0.700 bits per heavy atom. The van der Waals surface area contributed by atoms with Gasteiger partial charge in [0.25, 0.3) is 0 Å². The molecule has 0 aromatic heterocycles. The predicted octanol–water partition coefficient (Wildman–Crippen LogP) is 1.76. The number of hydrogen-bond acceptors (Lipinski definition) is 9. The van der Waals surface area contributed by atoms with E-state index in [0.717, 1.165) is 0 Å². The fourth-order valence-corrected chi connectivity index (χ4v) is 3.98. The standard InChI is InChI=1S/C24H36F3NO12/c25-24(26,27)23(36)40-9-4-2-1-3-8-28-22(35)15-13-16(37-10-5-18(29)30)21(39-12-7-20(33)34)17(14-15)38-11-6-19(31)32/h15-17,21H,1-14H2,(H,28,35)(H,29,30)(H,31,32)(H,33,34)/t15?,16-,17-,21?/m1/s1. The van der Waals surface area contributed by atoms with Crippen LogP contribution in [0.2, 0.25) is 0 Å². The number of hydrogen-bond donors (Lipinski definition) is 4. The monoisotopic (exact) mass is 587 g/mol. The van der Waals surface area contributed by atoms with Gasteiger partial charge >= 0.3 is 30.1 Å². The van der Waals surface area contributed by atoms with Gasteiger partial charge in [-0.3, -0.25) is 19.2 Å². The first kappa shape index (κ1) is 35.0. The van der Waals surface area contributed by atoms with Crippen molar-refractivity contribution in [3.63, 3.8) is 0 Å². The molecule has 16 heteroatoms. The lowest BCUT2D eigenvalue weighted by Gasteiger charge is -2.40. The van der Waals surface area contributed by atoms with Gasteiger partial charge in [-0.05, 0) is 32.1 Å². The highest BCUT2D eigenvalue weighted by Crippen LogP contribution is 2.32. The first-order valence-corrected chi connectivity index (χ1v) is 12.8. The van der Waals surface area contributed by atoms with Gasteiger partial charge < -0.3 is 39.6 Å². The van der Waals surface area contributed by atoms with E-state index in [-0.39, 0.29) is 77.4 Å². The SMILES string of the molecule is O=C(O)CCOC1[C@H](OCCC(=O)O)CC(C(=O)NCCCCCCOC(=O)C(F)(F)F)C[C@H]1OCCC(=O)O. The zero-order valence-electron chi connectivity index (χ0n) is 21.9. The predicted molar refractivity (Wildman–Crippen MR) is 127 cm³/mol. The Kier molecular flexibility index (Phi) is 16.1. The summed E-state index contributed by atoms with van der Waals surface area (Å²) in [7, 11) is 0. The van der Waals surface area contributed by atoms with Gasteiger partial charge in [0, 0.05) is 12.5 Å². The van der Waals surface area contributed by atoms with Gasteiger partial charge in [0.2, 0.25) is 5.91 Å². The molecule has 1 aliphatic carbocycles. The zero-order valence-corrected chi connectivity index (χ0v) is 21.9. The minimum absolute atomic E-state index is 0.118. The number of alkyl halides is 3. The molecule has 1 amide bonds. The molecule has 1 aliphatic rings. The zero-order chi connectivity index (χ0) is 30.1. The van der Waals surface area contributed by atoms with Crippen molar-refractivity contribution in [2.75, 3.05) is 33.0 Å². The maximum Gasteiger partial charge on any atom is 0.490 e. The number of unbranched alkanes of at least 4 members (excludes halogenated alkanes) is 3. The third-order valence-corrected chi connectivity index (χ3v) is 5.89. The van der Waals surface area contributed by atoms with Gasteiger partial charge in [0.1, 0.15) is 6.10 Å². The van der Waals surface area contributed by atoms with Gasteiger partial charge in [-0.1, -0.05) is 6.42 Å². The molecule has 0 unspecified atom stereocenters. The average Bonchev–Trinajstić information content (AvgIpc) is 2.85. The molecule has 230 valence electrons. The number of amides is 1. The molecule has 1 fully saturated rings. The van der Waals surface area contributed by atoms with Gasteiger partial charge in [0.15, 0.2) is 0 Å². The van der Waals surface area contributed by atoms with Crippen LogP contribution in [0.15, 0.2) is 0 Å². The van der Waals surface area contributed by atoms with Crippen LogP contribution in [0, 0.1) is 5.92 Å². The van der Waals surface area contributed by atoms with Gasteiger partial charge in [-0.15, -0.1) is 0 Å². The summed E-state index contributed by atoms with van der Waals surface area (Å²) in [4.78, 5) is 56.3. The van der Waals surface area contributed by atoms with Crippen LogP contribution >= 0.6 is 0 Å². The van der Waals surface area contributed by atoms with E-state index in [9.17, 15) is 37.1 Å².